The third-order valence-electron chi connectivity index (χ3n) is 6.53. The Balaban J connectivity index is 1.67. The van der Waals surface area contributed by atoms with Gasteiger partial charge in [-0.25, -0.2) is 9.97 Å². The van der Waals surface area contributed by atoms with Crippen LogP contribution in [0.15, 0.2) is 30.3 Å². The van der Waals surface area contributed by atoms with Crippen LogP contribution in [-0.4, -0.2) is 39.8 Å². The molecule has 32 heavy (non-hydrogen) atoms. The third-order valence-corrected chi connectivity index (χ3v) is 6.53. The Kier molecular flexibility index (Phi) is 6.31. The molecule has 0 saturated carbocycles. The predicted molar refractivity (Wildman–Crippen MR) is 125 cm³/mol. The van der Waals surface area contributed by atoms with Crippen LogP contribution in [0.3, 0.4) is 0 Å². The summed E-state index contributed by atoms with van der Waals surface area (Å²) in [6.07, 6.45) is 4.86. The fourth-order valence-electron chi connectivity index (χ4n) is 4.74. The van der Waals surface area contributed by atoms with Gasteiger partial charge in [0.25, 0.3) is 0 Å². The van der Waals surface area contributed by atoms with E-state index in [-0.39, 0.29) is 17.9 Å². The summed E-state index contributed by atoms with van der Waals surface area (Å²) in [5.74, 6) is 1.67. The van der Waals surface area contributed by atoms with Crippen LogP contribution < -0.4 is 4.90 Å². The zero-order valence-corrected chi connectivity index (χ0v) is 19.7. The van der Waals surface area contributed by atoms with Crippen molar-refractivity contribution in [1.29, 1.82) is 0 Å². The molecule has 1 fully saturated rings. The summed E-state index contributed by atoms with van der Waals surface area (Å²) in [6.45, 7) is 9.23. The Bertz CT molecular complexity index is 997. The minimum atomic E-state index is -0.448. The normalized spacial score (nSPS) is 19.1. The molecule has 1 aromatic heterocycles. The zero-order valence-electron chi connectivity index (χ0n) is 19.7. The summed E-state index contributed by atoms with van der Waals surface area (Å²) in [5.41, 5.74) is 2.74. The molecule has 4 rings (SSSR count). The van der Waals surface area contributed by atoms with Gasteiger partial charge in [-0.05, 0) is 44.6 Å². The average molecular weight is 435 g/mol. The smallest absolute Gasteiger partial charge is 0.228 e. The van der Waals surface area contributed by atoms with Crippen LogP contribution >= 0.6 is 0 Å². The quantitative estimate of drug-likeness (QED) is 0.715. The number of hydrogen-bond acceptors (Lipinski definition) is 4. The molecule has 0 spiro atoms. The van der Waals surface area contributed by atoms with Crippen molar-refractivity contribution >= 4 is 17.6 Å². The molecule has 0 radical (unpaired) electrons. The van der Waals surface area contributed by atoms with Gasteiger partial charge in [-0.1, -0.05) is 51.1 Å². The van der Waals surface area contributed by atoms with Crippen molar-refractivity contribution in [2.24, 2.45) is 5.41 Å². The lowest BCUT2D eigenvalue weighted by Crippen LogP contribution is -2.45. The maximum absolute atomic E-state index is 13.2. The molecule has 1 saturated heterocycles. The number of carbonyl (C=O) groups excluding carboxylic acids is 2. The second-order valence-corrected chi connectivity index (χ2v) is 10.0. The van der Waals surface area contributed by atoms with E-state index in [1.54, 1.807) is 0 Å². The van der Waals surface area contributed by atoms with Crippen LogP contribution in [0.2, 0.25) is 0 Å². The molecule has 1 aromatic carbocycles. The second-order valence-electron chi connectivity index (χ2n) is 10.0. The Labute approximate surface area is 191 Å². The van der Waals surface area contributed by atoms with Crippen LogP contribution in [0.25, 0.3) is 0 Å². The first-order valence-electron chi connectivity index (χ1n) is 11.8. The van der Waals surface area contributed by atoms with E-state index in [0.29, 0.717) is 25.2 Å². The van der Waals surface area contributed by atoms with Gasteiger partial charge in [0.05, 0.1) is 6.04 Å². The predicted octanol–water partition coefficient (Wildman–Crippen LogP) is 4.41. The molecule has 2 aromatic rings. The van der Waals surface area contributed by atoms with Crippen LogP contribution in [-0.2, 0) is 22.4 Å². The van der Waals surface area contributed by atoms with E-state index in [0.717, 1.165) is 49.3 Å². The van der Waals surface area contributed by atoms with Crippen molar-refractivity contribution in [3.8, 4) is 0 Å². The molecule has 0 N–H and O–H groups in total. The number of aryl methyl sites for hydroxylation is 1. The number of anilines is 1. The molecular weight excluding hydrogens is 400 g/mol. The lowest BCUT2D eigenvalue weighted by atomic mass is 9.91. The molecule has 3 heterocycles. The molecular formula is C26H34N4O2. The highest BCUT2D eigenvalue weighted by Crippen LogP contribution is 2.36. The number of fused-ring (bicyclic) bond motifs is 1. The Morgan fingerprint density at radius 2 is 1.84 bits per heavy atom. The lowest BCUT2D eigenvalue weighted by Gasteiger charge is -2.39. The molecule has 2 amide bonds. The summed E-state index contributed by atoms with van der Waals surface area (Å²) in [5, 5.41) is 0. The molecule has 2 aliphatic heterocycles. The maximum Gasteiger partial charge on any atom is 0.228 e. The van der Waals surface area contributed by atoms with E-state index in [1.165, 1.54) is 5.56 Å². The maximum atomic E-state index is 13.2. The Morgan fingerprint density at radius 1 is 1.09 bits per heavy atom. The van der Waals surface area contributed by atoms with E-state index in [4.69, 9.17) is 9.97 Å². The van der Waals surface area contributed by atoms with Crippen molar-refractivity contribution in [1.82, 2.24) is 14.9 Å². The highest BCUT2D eigenvalue weighted by molar-refractivity contribution is 5.95. The number of benzene rings is 1. The second kappa shape index (κ2) is 9.00. The summed E-state index contributed by atoms with van der Waals surface area (Å²) in [4.78, 5) is 39.7. The first kappa shape index (κ1) is 22.4. The van der Waals surface area contributed by atoms with Gasteiger partial charge in [-0.2, -0.15) is 0 Å². The number of likely N-dealkylation sites (tertiary alicyclic amines) is 1. The Hall–Kier alpha value is -2.76. The Morgan fingerprint density at radius 3 is 2.56 bits per heavy atom. The van der Waals surface area contributed by atoms with Crippen LogP contribution in [0, 0.1) is 12.3 Å². The number of rotatable bonds is 4. The van der Waals surface area contributed by atoms with E-state index in [9.17, 15) is 9.59 Å². The number of nitrogens with zero attached hydrogens (tertiary/aromatic N) is 4. The van der Waals surface area contributed by atoms with Gasteiger partial charge in [0, 0.05) is 36.2 Å². The van der Waals surface area contributed by atoms with Gasteiger partial charge in [0.1, 0.15) is 5.82 Å². The minimum Gasteiger partial charge on any atom is -0.332 e. The monoisotopic (exact) mass is 434 g/mol. The van der Waals surface area contributed by atoms with E-state index in [1.807, 2.05) is 55.7 Å². The van der Waals surface area contributed by atoms with Gasteiger partial charge < -0.3 is 4.90 Å². The van der Waals surface area contributed by atoms with E-state index in [2.05, 4.69) is 12.1 Å². The number of carbonyl (C=O) groups is 2. The number of hydrogen-bond donors (Lipinski definition) is 0. The SMILES string of the molecule is Cc1nc(C2CCCCN2C(=O)C(C)(C)C)nc2c1CCC(=O)N2CCc1ccccc1. The first-order chi connectivity index (χ1) is 15.3. The standard InChI is InChI=1S/C26H34N4O2/c1-18-20-13-14-22(31)30(17-15-19-10-6-5-7-11-19)24(20)28-23(27-18)21-12-8-9-16-29(21)25(32)26(2,3)4/h5-7,10-11,21H,8-9,12-17H2,1-4H3. The lowest BCUT2D eigenvalue weighted by molar-refractivity contribution is -0.143. The number of piperidine rings is 1. The fourth-order valence-corrected chi connectivity index (χ4v) is 4.74. The summed E-state index contributed by atoms with van der Waals surface area (Å²) in [6, 6.07) is 10.1. The van der Waals surface area contributed by atoms with Gasteiger partial charge in [0.2, 0.25) is 11.8 Å². The third kappa shape index (κ3) is 4.54. The van der Waals surface area contributed by atoms with Gasteiger partial charge >= 0.3 is 0 Å². The number of amides is 2. The van der Waals surface area contributed by atoms with Crippen LogP contribution in [0.4, 0.5) is 5.82 Å². The summed E-state index contributed by atoms with van der Waals surface area (Å²) < 4.78 is 0. The van der Waals surface area contributed by atoms with Gasteiger partial charge in [-0.15, -0.1) is 0 Å². The molecule has 2 aliphatic rings. The van der Waals surface area contributed by atoms with Crippen molar-refractivity contribution in [2.75, 3.05) is 18.0 Å². The topological polar surface area (TPSA) is 66.4 Å². The summed E-state index contributed by atoms with van der Waals surface area (Å²) >= 11 is 0. The summed E-state index contributed by atoms with van der Waals surface area (Å²) in [7, 11) is 0. The first-order valence-corrected chi connectivity index (χ1v) is 11.8. The van der Waals surface area contributed by atoms with Crippen molar-refractivity contribution in [2.45, 2.75) is 72.3 Å². The zero-order chi connectivity index (χ0) is 22.9. The molecule has 0 aliphatic carbocycles. The molecule has 1 atom stereocenters. The van der Waals surface area contributed by atoms with Crippen molar-refractivity contribution in [3.05, 3.63) is 53.0 Å². The van der Waals surface area contributed by atoms with Crippen LogP contribution in [0.1, 0.15) is 75.1 Å². The average Bonchev–Trinajstić information content (AvgIpc) is 2.78. The van der Waals surface area contributed by atoms with Gasteiger partial charge in [0.15, 0.2) is 5.82 Å². The number of aromatic nitrogens is 2. The van der Waals surface area contributed by atoms with Crippen LogP contribution in [0.5, 0.6) is 0 Å². The highest BCUT2D eigenvalue weighted by Gasteiger charge is 2.37. The molecule has 6 heteroatoms. The van der Waals surface area contributed by atoms with Crippen molar-refractivity contribution in [3.63, 3.8) is 0 Å². The van der Waals surface area contributed by atoms with E-state index < -0.39 is 5.41 Å². The minimum absolute atomic E-state index is 0.115. The molecule has 1 unspecified atom stereocenters. The largest absolute Gasteiger partial charge is 0.332 e. The highest BCUT2D eigenvalue weighted by atomic mass is 16.2. The molecule has 170 valence electrons. The molecule has 6 nitrogen and oxygen atoms in total. The molecule has 0 bridgehead atoms. The van der Waals surface area contributed by atoms with E-state index >= 15 is 0 Å². The fraction of sp³-hybridized carbons (Fsp3) is 0.538. The van der Waals surface area contributed by atoms with Crippen molar-refractivity contribution < 1.29 is 9.59 Å². The van der Waals surface area contributed by atoms with Gasteiger partial charge in [-0.3, -0.25) is 14.5 Å².